The summed E-state index contributed by atoms with van der Waals surface area (Å²) >= 11 is 13.6. The summed E-state index contributed by atoms with van der Waals surface area (Å²) in [6, 6.07) is 17.4. The number of nitrogens with zero attached hydrogens (tertiary/aromatic N) is 5. The highest BCUT2D eigenvalue weighted by atomic mass is 35.5. The average molecular weight is 697 g/mol. The number of urea groups is 1. The highest BCUT2D eigenvalue weighted by Crippen LogP contribution is 2.33. The number of rotatable bonds is 10. The maximum Gasteiger partial charge on any atom is 0.332 e. The molecule has 0 radical (unpaired) electrons. The van der Waals surface area contributed by atoms with Gasteiger partial charge in [-0.05, 0) is 53.4 Å². The van der Waals surface area contributed by atoms with Crippen LogP contribution in [0.1, 0.15) is 30.0 Å². The second-order valence-corrected chi connectivity index (χ2v) is 13.4. The quantitative estimate of drug-likeness (QED) is 0.235. The van der Waals surface area contributed by atoms with Gasteiger partial charge < -0.3 is 25.6 Å². The van der Waals surface area contributed by atoms with Crippen molar-refractivity contribution in [3.8, 4) is 5.75 Å². The van der Waals surface area contributed by atoms with Crippen LogP contribution in [0, 0.1) is 0 Å². The third-order valence-corrected chi connectivity index (χ3v) is 10.0. The number of para-hydroxylation sites is 1. The fourth-order valence-electron chi connectivity index (χ4n) is 6.21. The number of methoxy groups -OCH3 is 1. The Morgan fingerprint density at radius 3 is 2.60 bits per heavy atom. The number of benzene rings is 3. The molecule has 2 aliphatic rings. The second kappa shape index (κ2) is 13.9. The smallest absolute Gasteiger partial charge is 0.332 e. The number of carbonyl (C=O) groups is 3. The van der Waals surface area contributed by atoms with Crippen LogP contribution < -0.4 is 15.8 Å². The summed E-state index contributed by atoms with van der Waals surface area (Å²) in [6.07, 6.45) is 0.397. The van der Waals surface area contributed by atoms with Crippen molar-refractivity contribution in [2.45, 2.75) is 45.1 Å². The van der Waals surface area contributed by atoms with E-state index in [0.717, 1.165) is 26.9 Å². The molecule has 0 spiro atoms. The van der Waals surface area contributed by atoms with E-state index < -0.39 is 12.2 Å². The number of fused-ring (bicyclic) bond motifs is 2. The van der Waals surface area contributed by atoms with Crippen LogP contribution in [-0.2, 0) is 29.1 Å². The minimum atomic E-state index is -0.776. The van der Waals surface area contributed by atoms with Crippen molar-refractivity contribution in [1.29, 1.82) is 0 Å². The Balaban J connectivity index is 1.30. The predicted octanol–water partition coefficient (Wildman–Crippen LogP) is 5.15. The molecule has 14 heteroatoms. The molecule has 11 nitrogen and oxygen atoms in total. The van der Waals surface area contributed by atoms with Crippen molar-refractivity contribution >= 4 is 67.7 Å². The van der Waals surface area contributed by atoms with Crippen LogP contribution >= 0.6 is 34.5 Å². The van der Waals surface area contributed by atoms with Crippen molar-refractivity contribution in [3.63, 3.8) is 0 Å². The summed E-state index contributed by atoms with van der Waals surface area (Å²) in [6.45, 7) is 3.01. The van der Waals surface area contributed by atoms with Crippen LogP contribution in [0.15, 0.2) is 60.7 Å². The zero-order valence-electron chi connectivity index (χ0n) is 26.0. The fraction of sp³-hybridized carbons (Fsp3) is 0.333. The summed E-state index contributed by atoms with van der Waals surface area (Å²) < 4.78 is 6.25. The lowest BCUT2D eigenvalue weighted by Crippen LogP contribution is -2.66. The van der Waals surface area contributed by atoms with Gasteiger partial charge in [-0.1, -0.05) is 71.8 Å². The first kappa shape index (κ1) is 32.8. The number of hydrazine groups is 1. The lowest BCUT2D eigenvalue weighted by Gasteiger charge is -2.46. The van der Waals surface area contributed by atoms with Gasteiger partial charge in [0.1, 0.15) is 18.0 Å². The summed E-state index contributed by atoms with van der Waals surface area (Å²) in [7, 11) is 1.60. The Kier molecular flexibility index (Phi) is 9.74. The number of carbonyl (C=O) groups excluding carboxylic acids is 3. The number of nitrogen functional groups attached to an aromatic ring is 1. The molecule has 0 aliphatic carbocycles. The molecule has 0 bridgehead atoms. The fourth-order valence-corrected chi connectivity index (χ4v) is 7.31. The number of ether oxygens (including phenoxy) is 1. The summed E-state index contributed by atoms with van der Waals surface area (Å²) in [4.78, 5) is 49.7. The first-order valence-corrected chi connectivity index (χ1v) is 16.9. The summed E-state index contributed by atoms with van der Waals surface area (Å²) in [5, 5.41) is 7.62. The number of aromatic nitrogens is 1. The standard InChI is InChI=1S/C33H35Cl2N7O4S/c1-3-13-40(33(45)37-16-21-9-12-24(34)25(35)14-21)41-19-29(43)42-26(15-20-7-10-23(46-2)11-8-20)31(44)39(18-28(41)42)17-22-5-4-6-27-30(22)38-32(36)47-27/h4-12,14,26,28H,3,13,15-19H2,1-2H3,(H2,36,38)(H,37,45)/t26-,28+/m0/s1. The van der Waals surface area contributed by atoms with Gasteiger partial charge in [-0.25, -0.2) is 9.78 Å². The molecule has 6 rings (SSSR count). The lowest BCUT2D eigenvalue weighted by molar-refractivity contribution is -0.157. The molecule has 2 atom stereocenters. The third kappa shape index (κ3) is 6.82. The molecule has 2 aliphatic heterocycles. The molecule has 2 fully saturated rings. The van der Waals surface area contributed by atoms with E-state index in [-0.39, 0.29) is 44.0 Å². The minimum Gasteiger partial charge on any atom is -0.497 e. The number of nitrogens with two attached hydrogens (primary N) is 1. The van der Waals surface area contributed by atoms with E-state index in [1.165, 1.54) is 11.3 Å². The van der Waals surface area contributed by atoms with Crippen LogP contribution in [0.25, 0.3) is 10.2 Å². The Bertz CT molecular complexity index is 1800. The van der Waals surface area contributed by atoms with E-state index in [4.69, 9.17) is 33.7 Å². The van der Waals surface area contributed by atoms with Gasteiger partial charge in [0.2, 0.25) is 11.8 Å². The SMILES string of the molecule is CCCN(C(=O)NCc1ccc(Cl)c(Cl)c1)N1CC(=O)N2[C@@H](Cc3ccc(OC)cc3)C(=O)N(Cc3cccc4sc(N)nc34)C[C@@H]21. The van der Waals surface area contributed by atoms with Gasteiger partial charge in [0.15, 0.2) is 5.13 Å². The maximum atomic E-state index is 14.3. The van der Waals surface area contributed by atoms with Crippen molar-refractivity contribution in [2.24, 2.45) is 0 Å². The van der Waals surface area contributed by atoms with Crippen molar-refractivity contribution < 1.29 is 19.1 Å². The highest BCUT2D eigenvalue weighted by Gasteiger charge is 2.52. The first-order valence-electron chi connectivity index (χ1n) is 15.3. The Morgan fingerprint density at radius 2 is 1.87 bits per heavy atom. The van der Waals surface area contributed by atoms with Crippen molar-refractivity contribution in [1.82, 2.24) is 30.1 Å². The van der Waals surface area contributed by atoms with Crippen molar-refractivity contribution in [3.05, 3.63) is 87.4 Å². The zero-order chi connectivity index (χ0) is 33.2. The summed E-state index contributed by atoms with van der Waals surface area (Å²) in [5.74, 6) is 0.317. The monoisotopic (exact) mass is 695 g/mol. The predicted molar refractivity (Wildman–Crippen MR) is 183 cm³/mol. The van der Waals surface area contributed by atoms with Crippen LogP contribution in [0.3, 0.4) is 0 Å². The molecule has 1 aromatic heterocycles. The third-order valence-electron chi connectivity index (χ3n) is 8.44. The number of anilines is 1. The molecule has 47 heavy (non-hydrogen) atoms. The molecule has 0 saturated carbocycles. The van der Waals surface area contributed by atoms with E-state index in [0.29, 0.717) is 40.3 Å². The van der Waals surface area contributed by atoms with Gasteiger partial charge in [-0.3, -0.25) is 14.6 Å². The topological polar surface area (TPSA) is 124 Å². The molecule has 246 valence electrons. The Morgan fingerprint density at radius 1 is 1.11 bits per heavy atom. The molecule has 4 amide bonds. The lowest BCUT2D eigenvalue weighted by atomic mass is 9.99. The Labute approximate surface area is 286 Å². The van der Waals surface area contributed by atoms with Crippen LogP contribution in [0.2, 0.25) is 10.0 Å². The van der Waals surface area contributed by atoms with Gasteiger partial charge in [0.05, 0.1) is 40.5 Å². The molecular formula is C33H35Cl2N7O4S. The Hall–Kier alpha value is -4.10. The van der Waals surface area contributed by atoms with E-state index in [1.807, 2.05) is 49.4 Å². The van der Waals surface area contributed by atoms with E-state index >= 15 is 0 Å². The molecule has 0 unspecified atom stereocenters. The summed E-state index contributed by atoms with van der Waals surface area (Å²) in [5.41, 5.74) is 9.32. The average Bonchev–Trinajstić information content (AvgIpc) is 3.61. The van der Waals surface area contributed by atoms with E-state index in [1.54, 1.807) is 45.1 Å². The number of nitrogens with one attached hydrogen (secondary N) is 1. The molecule has 3 aromatic carbocycles. The van der Waals surface area contributed by atoms with Gasteiger partial charge in [-0.2, -0.15) is 5.01 Å². The highest BCUT2D eigenvalue weighted by molar-refractivity contribution is 7.22. The van der Waals surface area contributed by atoms with Gasteiger partial charge in [0.25, 0.3) is 0 Å². The second-order valence-electron chi connectivity index (χ2n) is 11.5. The van der Waals surface area contributed by atoms with Gasteiger partial charge in [0, 0.05) is 26.1 Å². The minimum absolute atomic E-state index is 0.0384. The molecular weight excluding hydrogens is 661 g/mol. The maximum absolute atomic E-state index is 14.3. The number of hydrogen-bond donors (Lipinski definition) is 2. The molecule has 4 aromatic rings. The number of piperazine rings is 1. The van der Waals surface area contributed by atoms with Crippen LogP contribution in [-0.4, -0.2) is 81.6 Å². The van der Waals surface area contributed by atoms with Gasteiger partial charge in [-0.15, -0.1) is 0 Å². The normalized spacial score (nSPS) is 18.1. The molecule has 3 N–H and O–H groups in total. The number of amides is 4. The van der Waals surface area contributed by atoms with Gasteiger partial charge >= 0.3 is 6.03 Å². The molecule has 2 saturated heterocycles. The van der Waals surface area contributed by atoms with Crippen molar-refractivity contribution in [2.75, 3.05) is 32.5 Å². The molecule has 3 heterocycles. The number of thiazole rings is 1. The number of halogens is 2. The number of hydrogen-bond acceptors (Lipinski definition) is 8. The van der Waals surface area contributed by atoms with Crippen LogP contribution in [0.5, 0.6) is 5.75 Å². The largest absolute Gasteiger partial charge is 0.497 e. The zero-order valence-corrected chi connectivity index (χ0v) is 28.3. The first-order chi connectivity index (χ1) is 22.7. The van der Waals surface area contributed by atoms with E-state index in [9.17, 15) is 14.4 Å². The van der Waals surface area contributed by atoms with E-state index in [2.05, 4.69) is 10.3 Å². The van der Waals surface area contributed by atoms with Crippen LogP contribution in [0.4, 0.5) is 9.93 Å².